The zero-order valence-corrected chi connectivity index (χ0v) is 10.3. The van der Waals surface area contributed by atoms with E-state index in [0.717, 1.165) is 20.7 Å². The molecule has 0 saturated heterocycles. The molecule has 2 rings (SSSR count). The maximum absolute atomic E-state index is 5.34. The van der Waals surface area contributed by atoms with E-state index in [-0.39, 0.29) is 0 Å². The van der Waals surface area contributed by atoms with Crippen LogP contribution < -0.4 is 11.3 Å². The average Bonchev–Trinajstić information content (AvgIpc) is 2.58. The molecule has 5 heteroatoms. The Balaban J connectivity index is 2.84. The Kier molecular flexibility index (Phi) is 2.47. The van der Waals surface area contributed by atoms with E-state index < -0.39 is 0 Å². The lowest BCUT2D eigenvalue weighted by Crippen LogP contribution is -2.05. The quantitative estimate of drug-likeness (QED) is 0.620. The standard InChI is InChI=1S/C9H10BrN3S/c1-4-3-6(10)5(2)8-7(4)12-9(13-11)14-8/h3H,11H2,1-2H3,(H,12,13). The smallest absolute Gasteiger partial charge is 0.198 e. The van der Waals surface area contributed by atoms with Crippen molar-refractivity contribution in [2.45, 2.75) is 13.8 Å². The molecule has 3 nitrogen and oxygen atoms in total. The molecule has 0 bridgehead atoms. The van der Waals surface area contributed by atoms with Crippen LogP contribution >= 0.6 is 27.3 Å². The van der Waals surface area contributed by atoms with E-state index >= 15 is 0 Å². The fraction of sp³-hybridized carbons (Fsp3) is 0.222. The maximum atomic E-state index is 5.34. The fourth-order valence-electron chi connectivity index (χ4n) is 1.38. The number of hydrogen-bond acceptors (Lipinski definition) is 4. The van der Waals surface area contributed by atoms with E-state index in [2.05, 4.69) is 39.3 Å². The molecule has 74 valence electrons. The lowest BCUT2D eigenvalue weighted by Gasteiger charge is -2.01. The Morgan fingerprint density at radius 3 is 2.86 bits per heavy atom. The highest BCUT2D eigenvalue weighted by molar-refractivity contribution is 9.10. The molecule has 0 atom stereocenters. The van der Waals surface area contributed by atoms with Crippen molar-refractivity contribution in [3.05, 3.63) is 21.7 Å². The Morgan fingerprint density at radius 2 is 2.21 bits per heavy atom. The number of aryl methyl sites for hydroxylation is 2. The zero-order chi connectivity index (χ0) is 10.3. The Bertz CT molecular complexity index is 492. The van der Waals surface area contributed by atoms with Crippen LogP contribution in [0.25, 0.3) is 10.2 Å². The van der Waals surface area contributed by atoms with Crippen LogP contribution in [0.15, 0.2) is 10.5 Å². The zero-order valence-electron chi connectivity index (χ0n) is 7.89. The molecule has 0 fully saturated rings. The van der Waals surface area contributed by atoms with Crippen LogP contribution in [-0.4, -0.2) is 4.98 Å². The van der Waals surface area contributed by atoms with Gasteiger partial charge in [0.15, 0.2) is 5.13 Å². The van der Waals surface area contributed by atoms with Gasteiger partial charge < -0.3 is 0 Å². The molecule has 14 heavy (non-hydrogen) atoms. The lowest BCUT2D eigenvalue weighted by atomic mass is 10.1. The van der Waals surface area contributed by atoms with E-state index in [9.17, 15) is 0 Å². The van der Waals surface area contributed by atoms with Gasteiger partial charge in [-0.1, -0.05) is 27.3 Å². The van der Waals surface area contributed by atoms with Gasteiger partial charge >= 0.3 is 0 Å². The summed E-state index contributed by atoms with van der Waals surface area (Å²) in [5.74, 6) is 5.34. The monoisotopic (exact) mass is 271 g/mol. The van der Waals surface area contributed by atoms with Crippen molar-refractivity contribution in [2.24, 2.45) is 5.84 Å². The van der Waals surface area contributed by atoms with Crippen molar-refractivity contribution in [3.63, 3.8) is 0 Å². The van der Waals surface area contributed by atoms with Crippen molar-refractivity contribution >= 4 is 42.6 Å². The minimum atomic E-state index is 0.754. The molecule has 0 aliphatic carbocycles. The molecular weight excluding hydrogens is 262 g/mol. The summed E-state index contributed by atoms with van der Waals surface area (Å²) in [6, 6.07) is 2.08. The van der Waals surface area contributed by atoms with Crippen LogP contribution in [0, 0.1) is 13.8 Å². The number of anilines is 1. The van der Waals surface area contributed by atoms with Gasteiger partial charge in [0.05, 0.1) is 10.2 Å². The Labute approximate surface area is 94.4 Å². The molecule has 0 saturated carbocycles. The number of rotatable bonds is 1. The summed E-state index contributed by atoms with van der Waals surface area (Å²) in [4.78, 5) is 4.39. The summed E-state index contributed by atoms with van der Waals surface area (Å²) >= 11 is 5.10. The number of fused-ring (bicyclic) bond motifs is 1. The van der Waals surface area contributed by atoms with Crippen molar-refractivity contribution in [3.8, 4) is 0 Å². The second-order valence-corrected chi connectivity index (χ2v) is 4.99. The van der Waals surface area contributed by atoms with E-state index in [0.29, 0.717) is 0 Å². The molecule has 0 radical (unpaired) electrons. The number of halogens is 1. The van der Waals surface area contributed by atoms with Crippen LogP contribution in [0.5, 0.6) is 0 Å². The van der Waals surface area contributed by atoms with E-state index in [1.165, 1.54) is 10.3 Å². The minimum absolute atomic E-state index is 0.754. The molecule has 0 amide bonds. The summed E-state index contributed by atoms with van der Waals surface area (Å²) < 4.78 is 2.31. The highest BCUT2D eigenvalue weighted by Gasteiger charge is 2.10. The third kappa shape index (κ3) is 1.41. The molecule has 2 aromatic rings. The van der Waals surface area contributed by atoms with Crippen LogP contribution in [0.4, 0.5) is 5.13 Å². The first-order chi connectivity index (χ1) is 6.63. The van der Waals surface area contributed by atoms with Gasteiger partial charge in [0.1, 0.15) is 0 Å². The minimum Gasteiger partial charge on any atom is -0.300 e. The maximum Gasteiger partial charge on any atom is 0.198 e. The van der Waals surface area contributed by atoms with Crippen LogP contribution in [0.2, 0.25) is 0 Å². The number of nitrogens with one attached hydrogen (secondary N) is 1. The first-order valence-corrected chi connectivity index (χ1v) is 5.77. The molecule has 0 aliphatic rings. The highest BCUT2D eigenvalue weighted by atomic mass is 79.9. The van der Waals surface area contributed by atoms with Gasteiger partial charge in [0, 0.05) is 4.47 Å². The van der Waals surface area contributed by atoms with Gasteiger partial charge in [-0.25, -0.2) is 10.8 Å². The third-order valence-electron chi connectivity index (χ3n) is 2.17. The van der Waals surface area contributed by atoms with Crippen LogP contribution in [0.3, 0.4) is 0 Å². The summed E-state index contributed by atoms with van der Waals surface area (Å²) in [6.45, 7) is 4.12. The predicted octanol–water partition coefficient (Wildman–Crippen LogP) is 2.96. The SMILES string of the molecule is Cc1cc(Br)c(C)c2sc(NN)nc12. The van der Waals surface area contributed by atoms with Gasteiger partial charge in [0.25, 0.3) is 0 Å². The molecule has 3 N–H and O–H groups in total. The molecule has 1 aromatic heterocycles. The topological polar surface area (TPSA) is 50.9 Å². The van der Waals surface area contributed by atoms with E-state index in [1.54, 1.807) is 11.3 Å². The van der Waals surface area contributed by atoms with Crippen molar-refractivity contribution in [1.29, 1.82) is 0 Å². The Morgan fingerprint density at radius 1 is 1.50 bits per heavy atom. The first kappa shape index (κ1) is 9.89. The fourth-order valence-corrected chi connectivity index (χ4v) is 3.01. The van der Waals surface area contributed by atoms with Gasteiger partial charge in [-0.15, -0.1) is 0 Å². The van der Waals surface area contributed by atoms with Crippen LogP contribution in [-0.2, 0) is 0 Å². The first-order valence-electron chi connectivity index (χ1n) is 4.16. The highest BCUT2D eigenvalue weighted by Crippen LogP contribution is 2.34. The van der Waals surface area contributed by atoms with Crippen molar-refractivity contribution in [2.75, 3.05) is 5.43 Å². The summed E-state index contributed by atoms with van der Waals surface area (Å²) in [7, 11) is 0. The predicted molar refractivity (Wildman–Crippen MR) is 64.6 cm³/mol. The largest absolute Gasteiger partial charge is 0.300 e. The molecule has 1 heterocycles. The molecule has 0 aliphatic heterocycles. The number of nitrogen functional groups attached to an aromatic ring is 1. The van der Waals surface area contributed by atoms with E-state index in [1.807, 2.05) is 6.92 Å². The number of hydrazine groups is 1. The number of benzene rings is 1. The summed E-state index contributed by atoms with van der Waals surface area (Å²) in [6.07, 6.45) is 0. The van der Waals surface area contributed by atoms with E-state index in [4.69, 9.17) is 5.84 Å². The second kappa shape index (κ2) is 3.49. The normalized spacial score (nSPS) is 10.9. The molecule has 0 spiro atoms. The van der Waals surface area contributed by atoms with Gasteiger partial charge in [0.2, 0.25) is 0 Å². The Hall–Kier alpha value is -0.650. The van der Waals surface area contributed by atoms with Gasteiger partial charge in [-0.2, -0.15) is 0 Å². The van der Waals surface area contributed by atoms with Gasteiger partial charge in [-0.3, -0.25) is 5.43 Å². The lowest BCUT2D eigenvalue weighted by molar-refractivity contribution is 1.30. The average molecular weight is 272 g/mol. The second-order valence-electron chi connectivity index (χ2n) is 3.14. The summed E-state index contributed by atoms with van der Waals surface area (Å²) in [5, 5.41) is 0.754. The van der Waals surface area contributed by atoms with Gasteiger partial charge in [-0.05, 0) is 31.0 Å². The summed E-state index contributed by atoms with van der Waals surface area (Å²) in [5.41, 5.74) is 5.99. The third-order valence-corrected chi connectivity index (χ3v) is 4.10. The molecular formula is C9H10BrN3S. The number of hydrogen-bond donors (Lipinski definition) is 2. The number of thiazole rings is 1. The number of aromatic nitrogens is 1. The number of nitrogens with zero attached hydrogens (tertiary/aromatic N) is 1. The van der Waals surface area contributed by atoms with Crippen LogP contribution in [0.1, 0.15) is 11.1 Å². The molecule has 1 aromatic carbocycles. The van der Waals surface area contributed by atoms with Crippen molar-refractivity contribution < 1.29 is 0 Å². The molecule has 0 unspecified atom stereocenters. The number of nitrogens with two attached hydrogens (primary N) is 1. The van der Waals surface area contributed by atoms with Crippen molar-refractivity contribution in [1.82, 2.24) is 4.98 Å².